The molecule has 0 radical (unpaired) electrons. The lowest BCUT2D eigenvalue weighted by Gasteiger charge is -1.98. The van der Waals surface area contributed by atoms with Crippen LogP contribution in [0.3, 0.4) is 0 Å². The quantitative estimate of drug-likeness (QED) is 0.620. The first-order valence-corrected chi connectivity index (χ1v) is 6.57. The fourth-order valence-electron chi connectivity index (χ4n) is 1.63. The SMILES string of the molecule is N#Cc1cccc(C(=O)/C=C/c2ccc(F)c(Br)c2)c1. The molecule has 0 aromatic heterocycles. The molecular weight excluding hydrogens is 321 g/mol. The third-order valence-corrected chi connectivity index (χ3v) is 3.25. The lowest BCUT2D eigenvalue weighted by Crippen LogP contribution is -1.94. The van der Waals surface area contributed by atoms with Crippen molar-refractivity contribution in [1.82, 2.24) is 0 Å². The van der Waals surface area contributed by atoms with Crippen LogP contribution in [0.5, 0.6) is 0 Å². The van der Waals surface area contributed by atoms with E-state index in [2.05, 4.69) is 15.9 Å². The molecule has 0 saturated carbocycles. The summed E-state index contributed by atoms with van der Waals surface area (Å²) in [5.74, 6) is -0.558. The van der Waals surface area contributed by atoms with E-state index in [1.165, 1.54) is 18.2 Å². The zero-order chi connectivity index (χ0) is 14.5. The molecule has 2 aromatic carbocycles. The van der Waals surface area contributed by atoms with Gasteiger partial charge in [-0.1, -0.05) is 24.3 Å². The second kappa shape index (κ2) is 6.27. The molecule has 2 nitrogen and oxygen atoms in total. The van der Waals surface area contributed by atoms with Gasteiger partial charge >= 0.3 is 0 Å². The van der Waals surface area contributed by atoms with Crippen LogP contribution >= 0.6 is 15.9 Å². The van der Waals surface area contributed by atoms with E-state index in [4.69, 9.17) is 5.26 Å². The molecule has 0 unspecified atom stereocenters. The molecule has 4 heteroatoms. The average molecular weight is 330 g/mol. The van der Waals surface area contributed by atoms with Gasteiger partial charge in [0.25, 0.3) is 0 Å². The highest BCUT2D eigenvalue weighted by Crippen LogP contribution is 2.18. The summed E-state index contributed by atoms with van der Waals surface area (Å²) in [6, 6.07) is 13.0. The molecule has 0 aliphatic carbocycles. The van der Waals surface area contributed by atoms with Crippen LogP contribution in [0, 0.1) is 17.1 Å². The Hall–Kier alpha value is -2.25. The van der Waals surface area contributed by atoms with Gasteiger partial charge in [0, 0.05) is 5.56 Å². The number of nitrogens with zero attached hydrogens (tertiary/aromatic N) is 1. The predicted octanol–water partition coefficient (Wildman–Crippen LogP) is 4.36. The minimum atomic E-state index is -0.352. The molecule has 0 saturated heterocycles. The zero-order valence-corrected chi connectivity index (χ0v) is 11.9. The number of carbonyl (C=O) groups excluding carboxylic acids is 1. The van der Waals surface area contributed by atoms with Gasteiger partial charge in [0.05, 0.1) is 16.1 Å². The lowest BCUT2D eigenvalue weighted by molar-refractivity contribution is 0.104. The zero-order valence-electron chi connectivity index (χ0n) is 10.3. The first-order chi connectivity index (χ1) is 9.60. The highest BCUT2D eigenvalue weighted by Gasteiger charge is 2.03. The number of hydrogen-bond donors (Lipinski definition) is 0. The molecule has 0 amide bonds. The van der Waals surface area contributed by atoms with Crippen LogP contribution < -0.4 is 0 Å². The van der Waals surface area contributed by atoms with E-state index in [1.807, 2.05) is 6.07 Å². The molecule has 0 fully saturated rings. The van der Waals surface area contributed by atoms with Gasteiger partial charge in [0.1, 0.15) is 5.82 Å². The van der Waals surface area contributed by atoms with E-state index < -0.39 is 0 Å². The van der Waals surface area contributed by atoms with Gasteiger partial charge in [-0.2, -0.15) is 5.26 Å². The van der Waals surface area contributed by atoms with Crippen LogP contribution in [0.2, 0.25) is 0 Å². The maximum absolute atomic E-state index is 13.1. The fraction of sp³-hybridized carbons (Fsp3) is 0. The Kier molecular flexibility index (Phi) is 4.44. The maximum Gasteiger partial charge on any atom is 0.185 e. The molecule has 0 bridgehead atoms. The minimum Gasteiger partial charge on any atom is -0.289 e. The van der Waals surface area contributed by atoms with Gasteiger partial charge in [-0.05, 0) is 51.8 Å². The Morgan fingerprint density at radius 3 is 2.75 bits per heavy atom. The molecule has 98 valence electrons. The van der Waals surface area contributed by atoms with Gasteiger partial charge in [-0.3, -0.25) is 4.79 Å². The van der Waals surface area contributed by atoms with Crippen molar-refractivity contribution in [3.05, 3.63) is 75.5 Å². The van der Waals surface area contributed by atoms with Gasteiger partial charge < -0.3 is 0 Å². The fourth-order valence-corrected chi connectivity index (χ4v) is 2.02. The summed E-state index contributed by atoms with van der Waals surface area (Å²) in [6.45, 7) is 0. The largest absolute Gasteiger partial charge is 0.289 e. The van der Waals surface area contributed by atoms with E-state index in [1.54, 1.807) is 36.4 Å². The second-order valence-electron chi connectivity index (χ2n) is 4.06. The predicted molar refractivity (Wildman–Crippen MR) is 78.6 cm³/mol. The van der Waals surface area contributed by atoms with Crippen molar-refractivity contribution in [2.45, 2.75) is 0 Å². The molecule has 20 heavy (non-hydrogen) atoms. The summed E-state index contributed by atoms with van der Waals surface area (Å²) in [7, 11) is 0. The third kappa shape index (κ3) is 3.40. The van der Waals surface area contributed by atoms with Crippen LogP contribution in [0.1, 0.15) is 21.5 Å². The van der Waals surface area contributed by atoms with Crippen LogP contribution in [0.15, 0.2) is 53.0 Å². The van der Waals surface area contributed by atoms with Crippen molar-refractivity contribution in [1.29, 1.82) is 5.26 Å². The molecule has 0 N–H and O–H groups in total. The number of nitriles is 1. The van der Waals surface area contributed by atoms with Crippen LogP contribution in [0.25, 0.3) is 6.08 Å². The summed E-state index contributed by atoms with van der Waals surface area (Å²) in [4.78, 5) is 12.0. The topological polar surface area (TPSA) is 40.9 Å². The Bertz CT molecular complexity index is 731. The van der Waals surface area contributed by atoms with Crippen LogP contribution in [-0.2, 0) is 0 Å². The Labute approximate surface area is 124 Å². The van der Waals surface area contributed by atoms with Gasteiger partial charge in [-0.25, -0.2) is 4.39 Å². The second-order valence-corrected chi connectivity index (χ2v) is 4.92. The molecular formula is C16H9BrFNO. The number of carbonyl (C=O) groups is 1. The standard InChI is InChI=1S/C16H9BrFNO/c17-14-9-11(4-6-15(14)18)5-7-16(20)13-3-1-2-12(8-13)10-19/h1-9H/b7-5+. The van der Waals surface area contributed by atoms with E-state index in [9.17, 15) is 9.18 Å². The van der Waals surface area contributed by atoms with Crippen molar-refractivity contribution in [2.24, 2.45) is 0 Å². The highest BCUT2D eigenvalue weighted by atomic mass is 79.9. The molecule has 0 atom stereocenters. The van der Waals surface area contributed by atoms with Crippen LogP contribution in [-0.4, -0.2) is 5.78 Å². The van der Waals surface area contributed by atoms with Crippen LogP contribution in [0.4, 0.5) is 4.39 Å². The first-order valence-electron chi connectivity index (χ1n) is 5.78. The summed E-state index contributed by atoms with van der Waals surface area (Å²) >= 11 is 3.09. The number of hydrogen-bond acceptors (Lipinski definition) is 2. The van der Waals surface area contributed by atoms with E-state index in [0.717, 1.165) is 0 Å². The van der Waals surface area contributed by atoms with Gasteiger partial charge in [-0.15, -0.1) is 0 Å². The van der Waals surface area contributed by atoms with Crippen molar-refractivity contribution < 1.29 is 9.18 Å². The molecule has 2 aromatic rings. The molecule has 0 heterocycles. The average Bonchev–Trinajstić information content (AvgIpc) is 2.48. The molecule has 0 aliphatic heterocycles. The monoisotopic (exact) mass is 329 g/mol. The summed E-state index contributed by atoms with van der Waals surface area (Å²) in [6.07, 6.45) is 3.00. The molecule has 2 rings (SSSR count). The van der Waals surface area contributed by atoms with E-state index in [0.29, 0.717) is 21.2 Å². The van der Waals surface area contributed by atoms with Crippen molar-refractivity contribution in [3.63, 3.8) is 0 Å². The van der Waals surface area contributed by atoms with Gasteiger partial charge in [0.2, 0.25) is 0 Å². The number of ketones is 1. The third-order valence-electron chi connectivity index (χ3n) is 2.65. The van der Waals surface area contributed by atoms with E-state index in [-0.39, 0.29) is 11.6 Å². The maximum atomic E-state index is 13.1. The number of benzene rings is 2. The number of halogens is 2. The number of rotatable bonds is 3. The Morgan fingerprint density at radius 1 is 1.25 bits per heavy atom. The summed E-state index contributed by atoms with van der Waals surface area (Å²) in [5.41, 5.74) is 1.60. The van der Waals surface area contributed by atoms with E-state index >= 15 is 0 Å². The lowest BCUT2D eigenvalue weighted by atomic mass is 10.1. The van der Waals surface area contributed by atoms with Gasteiger partial charge in [0.15, 0.2) is 5.78 Å². The highest BCUT2D eigenvalue weighted by molar-refractivity contribution is 9.10. The van der Waals surface area contributed by atoms with Crippen molar-refractivity contribution in [2.75, 3.05) is 0 Å². The molecule has 0 spiro atoms. The minimum absolute atomic E-state index is 0.206. The Morgan fingerprint density at radius 2 is 2.05 bits per heavy atom. The number of allylic oxidation sites excluding steroid dienone is 1. The summed E-state index contributed by atoms with van der Waals surface area (Å²) in [5, 5.41) is 8.79. The smallest absolute Gasteiger partial charge is 0.185 e. The first kappa shape index (κ1) is 14.2. The van der Waals surface area contributed by atoms with Crippen molar-refractivity contribution >= 4 is 27.8 Å². The summed E-state index contributed by atoms with van der Waals surface area (Å²) < 4.78 is 13.4. The normalized spacial score (nSPS) is 10.4. The molecule has 0 aliphatic rings. The Balaban J connectivity index is 2.20. The van der Waals surface area contributed by atoms with Crippen molar-refractivity contribution in [3.8, 4) is 6.07 Å².